The summed E-state index contributed by atoms with van der Waals surface area (Å²) in [6, 6.07) is 10.4. The molecule has 0 N–H and O–H groups in total. The fourth-order valence-electron chi connectivity index (χ4n) is 2.21. The summed E-state index contributed by atoms with van der Waals surface area (Å²) in [7, 11) is 0. The van der Waals surface area contributed by atoms with Crippen molar-refractivity contribution in [3.05, 3.63) is 76.9 Å². The largest absolute Gasteiger partial charge is 0.0856 e. The minimum absolute atomic E-state index is 1.14. The molecular formula is C22H30. The Morgan fingerprint density at radius 1 is 0.818 bits per heavy atom. The van der Waals surface area contributed by atoms with Gasteiger partial charge < -0.3 is 0 Å². The Morgan fingerprint density at radius 2 is 1.45 bits per heavy atom. The first kappa shape index (κ1) is 18.2. The van der Waals surface area contributed by atoms with Gasteiger partial charge in [0.25, 0.3) is 0 Å². The highest BCUT2D eigenvalue weighted by Crippen LogP contribution is 2.11. The summed E-state index contributed by atoms with van der Waals surface area (Å²) in [6.07, 6.45) is 15.9. The molecule has 0 saturated carbocycles. The van der Waals surface area contributed by atoms with Crippen molar-refractivity contribution < 1.29 is 0 Å². The lowest BCUT2D eigenvalue weighted by molar-refractivity contribution is 0.918. The van der Waals surface area contributed by atoms with Crippen molar-refractivity contribution in [3.63, 3.8) is 0 Å². The van der Waals surface area contributed by atoms with E-state index in [1.807, 2.05) is 6.07 Å². The fourth-order valence-corrected chi connectivity index (χ4v) is 2.21. The molecule has 0 aromatic heterocycles. The quantitative estimate of drug-likeness (QED) is 0.353. The van der Waals surface area contributed by atoms with E-state index in [1.165, 1.54) is 35.1 Å². The summed E-state index contributed by atoms with van der Waals surface area (Å²) < 4.78 is 0. The molecule has 0 heterocycles. The third kappa shape index (κ3) is 9.18. The molecule has 0 aliphatic rings. The smallest absolute Gasteiger partial charge is 0.0257 e. The molecule has 1 aromatic rings. The van der Waals surface area contributed by atoms with Gasteiger partial charge in [-0.3, -0.25) is 0 Å². The van der Waals surface area contributed by atoms with Gasteiger partial charge in [-0.1, -0.05) is 77.4 Å². The van der Waals surface area contributed by atoms with Crippen LogP contribution in [0.4, 0.5) is 0 Å². The van der Waals surface area contributed by atoms with Crippen molar-refractivity contribution in [2.45, 2.75) is 53.4 Å². The van der Waals surface area contributed by atoms with Crippen LogP contribution in [0.25, 0.3) is 6.08 Å². The van der Waals surface area contributed by atoms with Gasteiger partial charge in [-0.15, -0.1) is 0 Å². The Labute approximate surface area is 137 Å². The molecule has 0 radical (unpaired) electrons. The molecule has 1 aromatic carbocycles. The minimum Gasteiger partial charge on any atom is -0.0856 e. The van der Waals surface area contributed by atoms with Crippen LogP contribution in [0.3, 0.4) is 0 Å². The first-order valence-corrected chi connectivity index (χ1v) is 8.26. The topological polar surface area (TPSA) is 0 Å². The van der Waals surface area contributed by atoms with Crippen LogP contribution in [-0.2, 0) is 0 Å². The summed E-state index contributed by atoms with van der Waals surface area (Å²) >= 11 is 0. The molecule has 0 heteroatoms. The molecule has 0 aliphatic heterocycles. The van der Waals surface area contributed by atoms with Gasteiger partial charge in [0.05, 0.1) is 0 Å². The third-order valence-corrected chi connectivity index (χ3v) is 3.59. The van der Waals surface area contributed by atoms with Crippen LogP contribution in [0.1, 0.15) is 58.9 Å². The first-order valence-electron chi connectivity index (χ1n) is 8.26. The normalized spacial score (nSPS) is 12.7. The van der Waals surface area contributed by atoms with Crippen molar-refractivity contribution in [1.29, 1.82) is 0 Å². The van der Waals surface area contributed by atoms with Gasteiger partial charge in [0.1, 0.15) is 0 Å². The van der Waals surface area contributed by atoms with Crippen molar-refractivity contribution >= 4 is 6.08 Å². The second-order valence-electron chi connectivity index (χ2n) is 6.19. The zero-order valence-electron chi connectivity index (χ0n) is 14.6. The molecule has 0 unspecified atom stereocenters. The molecule has 1 rings (SSSR count). The van der Waals surface area contributed by atoms with Crippen LogP contribution in [0.5, 0.6) is 0 Å². The van der Waals surface area contributed by atoms with Gasteiger partial charge in [-0.25, -0.2) is 0 Å². The molecule has 0 spiro atoms. The monoisotopic (exact) mass is 294 g/mol. The second-order valence-corrected chi connectivity index (χ2v) is 6.19. The average molecular weight is 294 g/mol. The molecule has 22 heavy (non-hydrogen) atoms. The molecule has 0 bridgehead atoms. The van der Waals surface area contributed by atoms with Gasteiger partial charge >= 0.3 is 0 Å². The number of benzene rings is 1. The van der Waals surface area contributed by atoms with E-state index in [9.17, 15) is 0 Å². The van der Waals surface area contributed by atoms with E-state index in [1.54, 1.807) is 0 Å². The predicted molar refractivity (Wildman–Crippen MR) is 101 cm³/mol. The number of hydrogen-bond acceptors (Lipinski definition) is 0. The Morgan fingerprint density at radius 3 is 2.14 bits per heavy atom. The SMILES string of the molecule is CC(C)=CCC/C(C)=C/CC/C(C)=C/C=C/c1ccccc1. The zero-order chi connectivity index (χ0) is 16.2. The van der Waals surface area contributed by atoms with Crippen molar-refractivity contribution in [2.24, 2.45) is 0 Å². The van der Waals surface area contributed by atoms with Crippen LogP contribution >= 0.6 is 0 Å². The number of rotatable bonds is 8. The molecule has 0 nitrogen and oxygen atoms in total. The van der Waals surface area contributed by atoms with E-state index in [0.717, 1.165) is 12.8 Å². The van der Waals surface area contributed by atoms with Gasteiger partial charge in [-0.05, 0) is 58.9 Å². The van der Waals surface area contributed by atoms with Crippen LogP contribution in [0.15, 0.2) is 71.4 Å². The predicted octanol–water partition coefficient (Wildman–Crippen LogP) is 7.12. The Bertz CT molecular complexity index is 535. The van der Waals surface area contributed by atoms with Crippen molar-refractivity contribution in [1.82, 2.24) is 0 Å². The van der Waals surface area contributed by atoms with Gasteiger partial charge in [0, 0.05) is 0 Å². The maximum Gasteiger partial charge on any atom is -0.0257 e. The lowest BCUT2D eigenvalue weighted by Gasteiger charge is -2.00. The van der Waals surface area contributed by atoms with Gasteiger partial charge in [-0.2, -0.15) is 0 Å². The average Bonchev–Trinajstić information content (AvgIpc) is 2.48. The van der Waals surface area contributed by atoms with E-state index in [2.05, 4.69) is 82.3 Å². The lowest BCUT2D eigenvalue weighted by Crippen LogP contribution is -1.80. The van der Waals surface area contributed by atoms with Crippen LogP contribution in [0.2, 0.25) is 0 Å². The molecule has 0 fully saturated rings. The maximum absolute atomic E-state index is 2.39. The summed E-state index contributed by atoms with van der Waals surface area (Å²) in [5.41, 5.74) is 5.60. The molecule has 118 valence electrons. The Hall–Kier alpha value is -1.82. The number of allylic oxidation sites excluding steroid dienone is 7. The molecule has 0 aliphatic carbocycles. The highest BCUT2D eigenvalue weighted by Gasteiger charge is 1.91. The molecule has 0 amide bonds. The molecular weight excluding hydrogens is 264 g/mol. The van der Waals surface area contributed by atoms with E-state index in [-0.39, 0.29) is 0 Å². The second kappa shape index (κ2) is 10.8. The van der Waals surface area contributed by atoms with E-state index in [0.29, 0.717) is 0 Å². The maximum atomic E-state index is 2.39. The van der Waals surface area contributed by atoms with Crippen molar-refractivity contribution in [3.8, 4) is 0 Å². The Balaban J connectivity index is 2.32. The lowest BCUT2D eigenvalue weighted by atomic mass is 10.1. The zero-order valence-corrected chi connectivity index (χ0v) is 14.6. The number of hydrogen-bond donors (Lipinski definition) is 0. The standard InChI is InChI=1S/C22H30/c1-19(2)11-8-12-20(3)13-9-14-21(4)15-10-18-22-16-6-5-7-17-22/h5-7,10-11,13,15-18H,8-9,12,14H2,1-4H3/b18-10+,20-13+,21-15+. The highest BCUT2D eigenvalue weighted by molar-refractivity contribution is 5.50. The summed E-state index contributed by atoms with van der Waals surface area (Å²) in [4.78, 5) is 0. The summed E-state index contributed by atoms with van der Waals surface area (Å²) in [5.74, 6) is 0. The third-order valence-electron chi connectivity index (χ3n) is 3.59. The van der Waals surface area contributed by atoms with E-state index in [4.69, 9.17) is 0 Å². The first-order chi connectivity index (χ1) is 10.6. The van der Waals surface area contributed by atoms with Crippen LogP contribution in [0, 0.1) is 0 Å². The Kier molecular flexibility index (Phi) is 8.98. The van der Waals surface area contributed by atoms with Gasteiger partial charge in [0.2, 0.25) is 0 Å². The summed E-state index contributed by atoms with van der Waals surface area (Å²) in [6.45, 7) is 8.78. The van der Waals surface area contributed by atoms with Gasteiger partial charge in [0.15, 0.2) is 0 Å². The highest BCUT2D eigenvalue weighted by atomic mass is 14.0. The fraction of sp³-hybridized carbons (Fsp3) is 0.364. The van der Waals surface area contributed by atoms with E-state index < -0.39 is 0 Å². The van der Waals surface area contributed by atoms with E-state index >= 15 is 0 Å². The summed E-state index contributed by atoms with van der Waals surface area (Å²) in [5, 5.41) is 0. The van der Waals surface area contributed by atoms with Crippen LogP contribution in [-0.4, -0.2) is 0 Å². The minimum atomic E-state index is 1.14. The van der Waals surface area contributed by atoms with Crippen LogP contribution < -0.4 is 0 Å². The molecule has 0 saturated heterocycles. The molecule has 0 atom stereocenters. The van der Waals surface area contributed by atoms with Crippen molar-refractivity contribution in [2.75, 3.05) is 0 Å².